The Labute approximate surface area is 122 Å². The molecule has 0 N–H and O–H groups in total. The normalized spacial score (nSPS) is 10.7. The third kappa shape index (κ3) is 2.08. The summed E-state index contributed by atoms with van der Waals surface area (Å²) in [6, 6.07) is 11.5. The zero-order valence-corrected chi connectivity index (χ0v) is 11.8. The molecule has 0 radical (unpaired) electrons. The van der Waals surface area contributed by atoms with Crippen LogP contribution in [0.4, 0.5) is 0 Å². The van der Waals surface area contributed by atoms with Crippen LogP contribution >= 0.6 is 12.6 Å². The Hall–Kier alpha value is -2.20. The zero-order valence-electron chi connectivity index (χ0n) is 10.9. The highest BCUT2D eigenvalue weighted by atomic mass is 32.1. The minimum atomic E-state index is -0.272. The maximum Gasteiger partial charge on any atom is 0.218 e. The summed E-state index contributed by atoms with van der Waals surface area (Å²) in [7, 11) is 0. The molecule has 0 unspecified atom stereocenters. The number of thiol groups is 1. The monoisotopic (exact) mass is 280 g/mol. The standard InChI is InChI=1S/C16H12N2OS/c1-10-6-8-18-15(14(10)16(19)20)12-7-9-17-13-5-3-2-4-11(12)13/h2-9H,1H3,(H,19,20). The number of carbonyl (C=O) groups excluding carboxylic acids is 1. The summed E-state index contributed by atoms with van der Waals surface area (Å²) in [6.07, 6.45) is 3.44. The van der Waals surface area contributed by atoms with Gasteiger partial charge in [-0.1, -0.05) is 18.2 Å². The van der Waals surface area contributed by atoms with Crippen LogP contribution < -0.4 is 0 Å². The summed E-state index contributed by atoms with van der Waals surface area (Å²) in [5, 5.41) is 0.704. The van der Waals surface area contributed by atoms with Gasteiger partial charge in [-0.15, -0.1) is 12.6 Å². The molecule has 0 aliphatic carbocycles. The van der Waals surface area contributed by atoms with E-state index in [9.17, 15) is 4.79 Å². The molecule has 3 rings (SSSR count). The quantitative estimate of drug-likeness (QED) is 0.728. The molecule has 0 atom stereocenters. The second kappa shape index (κ2) is 5.06. The van der Waals surface area contributed by atoms with Gasteiger partial charge in [0, 0.05) is 23.3 Å². The third-order valence-corrected chi connectivity index (χ3v) is 3.50. The number of hydrogen-bond acceptors (Lipinski definition) is 3. The number of hydrogen-bond donors (Lipinski definition) is 1. The van der Waals surface area contributed by atoms with Crippen molar-refractivity contribution >= 4 is 28.6 Å². The van der Waals surface area contributed by atoms with E-state index < -0.39 is 0 Å². The Morgan fingerprint density at radius 1 is 1.05 bits per heavy atom. The fraction of sp³-hybridized carbons (Fsp3) is 0.0625. The van der Waals surface area contributed by atoms with Crippen LogP contribution in [-0.2, 0) is 0 Å². The average molecular weight is 280 g/mol. The molecule has 2 aromatic heterocycles. The number of aryl methyl sites for hydroxylation is 1. The summed E-state index contributed by atoms with van der Waals surface area (Å²) in [6.45, 7) is 1.89. The predicted octanol–water partition coefficient (Wildman–Crippen LogP) is 3.68. The number of aromatic nitrogens is 2. The van der Waals surface area contributed by atoms with Gasteiger partial charge >= 0.3 is 0 Å². The Bertz CT molecular complexity index is 809. The minimum absolute atomic E-state index is 0.272. The SMILES string of the molecule is Cc1ccnc(-c2ccnc3ccccc23)c1C(=O)S. The molecule has 20 heavy (non-hydrogen) atoms. The van der Waals surface area contributed by atoms with E-state index in [1.807, 2.05) is 43.3 Å². The number of nitrogens with zero attached hydrogens (tertiary/aromatic N) is 2. The first-order valence-corrected chi connectivity index (χ1v) is 6.66. The molecule has 2 heterocycles. The lowest BCUT2D eigenvalue weighted by molar-refractivity contribution is 0.109. The molecule has 0 amide bonds. The van der Waals surface area contributed by atoms with Crippen molar-refractivity contribution in [2.24, 2.45) is 0 Å². The molecule has 0 aliphatic rings. The third-order valence-electron chi connectivity index (χ3n) is 3.28. The van der Waals surface area contributed by atoms with E-state index >= 15 is 0 Å². The number of benzene rings is 1. The summed E-state index contributed by atoms with van der Waals surface area (Å²) < 4.78 is 0. The first kappa shape index (κ1) is 12.8. The lowest BCUT2D eigenvalue weighted by Crippen LogP contribution is -2.00. The Kier molecular flexibility index (Phi) is 3.24. The molecular formula is C16H12N2OS. The number of pyridine rings is 2. The Morgan fingerprint density at radius 2 is 1.80 bits per heavy atom. The number of fused-ring (bicyclic) bond motifs is 1. The lowest BCUT2D eigenvalue weighted by atomic mass is 10.00. The second-order valence-corrected chi connectivity index (χ2v) is 4.94. The smallest absolute Gasteiger partial charge is 0.218 e. The zero-order chi connectivity index (χ0) is 14.1. The van der Waals surface area contributed by atoms with Gasteiger partial charge in [-0.05, 0) is 30.7 Å². The van der Waals surface area contributed by atoms with Crippen molar-refractivity contribution in [3.8, 4) is 11.3 Å². The van der Waals surface area contributed by atoms with E-state index in [2.05, 4.69) is 22.6 Å². The average Bonchev–Trinajstić information content (AvgIpc) is 2.46. The molecule has 3 aromatic rings. The van der Waals surface area contributed by atoms with Crippen molar-refractivity contribution in [1.82, 2.24) is 9.97 Å². The van der Waals surface area contributed by atoms with Gasteiger partial charge in [-0.3, -0.25) is 14.8 Å². The van der Waals surface area contributed by atoms with Gasteiger partial charge < -0.3 is 0 Å². The molecule has 0 aliphatic heterocycles. The summed E-state index contributed by atoms with van der Waals surface area (Å²) in [5.41, 5.74) is 3.86. The van der Waals surface area contributed by atoms with Crippen LogP contribution in [0.15, 0.2) is 48.8 Å². The van der Waals surface area contributed by atoms with Crippen LogP contribution in [0, 0.1) is 6.92 Å². The van der Waals surface area contributed by atoms with Gasteiger partial charge in [0.2, 0.25) is 5.12 Å². The number of rotatable bonds is 2. The van der Waals surface area contributed by atoms with Crippen LogP contribution in [0.25, 0.3) is 22.2 Å². The van der Waals surface area contributed by atoms with Crippen LogP contribution in [-0.4, -0.2) is 15.1 Å². The van der Waals surface area contributed by atoms with E-state index in [0.29, 0.717) is 11.3 Å². The molecule has 0 fully saturated rings. The van der Waals surface area contributed by atoms with E-state index in [4.69, 9.17) is 0 Å². The van der Waals surface area contributed by atoms with Crippen molar-refractivity contribution in [2.75, 3.05) is 0 Å². The van der Waals surface area contributed by atoms with Gasteiger partial charge in [0.1, 0.15) is 0 Å². The Morgan fingerprint density at radius 3 is 2.60 bits per heavy atom. The van der Waals surface area contributed by atoms with Crippen LogP contribution in [0.3, 0.4) is 0 Å². The van der Waals surface area contributed by atoms with Crippen molar-refractivity contribution in [3.63, 3.8) is 0 Å². The highest BCUT2D eigenvalue weighted by Crippen LogP contribution is 2.30. The van der Waals surface area contributed by atoms with E-state index in [-0.39, 0.29) is 5.12 Å². The largest absolute Gasteiger partial charge is 0.282 e. The molecule has 0 bridgehead atoms. The Balaban J connectivity index is 2.37. The molecule has 1 aromatic carbocycles. The second-order valence-electron chi connectivity index (χ2n) is 4.53. The van der Waals surface area contributed by atoms with E-state index in [1.165, 1.54) is 0 Å². The fourth-order valence-corrected chi connectivity index (χ4v) is 2.62. The van der Waals surface area contributed by atoms with E-state index in [1.54, 1.807) is 12.4 Å². The maximum atomic E-state index is 11.8. The molecule has 0 saturated carbocycles. The molecule has 4 heteroatoms. The van der Waals surface area contributed by atoms with Crippen LogP contribution in [0.5, 0.6) is 0 Å². The van der Waals surface area contributed by atoms with Gasteiger partial charge in [0.25, 0.3) is 0 Å². The van der Waals surface area contributed by atoms with Crippen molar-refractivity contribution in [2.45, 2.75) is 6.92 Å². The van der Waals surface area contributed by atoms with Gasteiger partial charge in [0.05, 0.1) is 16.8 Å². The van der Waals surface area contributed by atoms with Crippen molar-refractivity contribution < 1.29 is 4.79 Å². The highest BCUT2D eigenvalue weighted by molar-refractivity contribution is 7.97. The van der Waals surface area contributed by atoms with Crippen molar-refractivity contribution in [3.05, 3.63) is 59.9 Å². The minimum Gasteiger partial charge on any atom is -0.282 e. The number of para-hydroxylation sites is 1. The predicted molar refractivity (Wildman–Crippen MR) is 83.0 cm³/mol. The van der Waals surface area contributed by atoms with E-state index in [0.717, 1.165) is 22.0 Å². The summed E-state index contributed by atoms with van der Waals surface area (Å²) >= 11 is 3.98. The number of carbonyl (C=O) groups is 1. The first-order valence-electron chi connectivity index (χ1n) is 6.21. The van der Waals surface area contributed by atoms with Gasteiger partial charge in [-0.2, -0.15) is 0 Å². The summed E-state index contributed by atoms with van der Waals surface area (Å²) in [4.78, 5) is 20.5. The lowest BCUT2D eigenvalue weighted by Gasteiger charge is -2.10. The van der Waals surface area contributed by atoms with Crippen LogP contribution in [0.1, 0.15) is 15.9 Å². The van der Waals surface area contributed by atoms with Crippen molar-refractivity contribution in [1.29, 1.82) is 0 Å². The van der Waals surface area contributed by atoms with Crippen LogP contribution in [0.2, 0.25) is 0 Å². The van der Waals surface area contributed by atoms with Gasteiger partial charge in [0.15, 0.2) is 0 Å². The molecule has 0 spiro atoms. The molecule has 0 saturated heterocycles. The topological polar surface area (TPSA) is 42.9 Å². The molecular weight excluding hydrogens is 268 g/mol. The fourth-order valence-electron chi connectivity index (χ4n) is 2.33. The molecule has 3 nitrogen and oxygen atoms in total. The summed E-state index contributed by atoms with van der Waals surface area (Å²) in [5.74, 6) is 0. The highest BCUT2D eigenvalue weighted by Gasteiger charge is 2.16. The molecule has 98 valence electrons. The van der Waals surface area contributed by atoms with Gasteiger partial charge in [-0.25, -0.2) is 0 Å². The first-order chi connectivity index (χ1) is 9.68. The maximum absolute atomic E-state index is 11.8.